The molecule has 1 heterocycles. The van der Waals surface area contributed by atoms with E-state index in [2.05, 4.69) is 62.1 Å². The van der Waals surface area contributed by atoms with Gasteiger partial charge in [0.25, 0.3) is 0 Å². The van der Waals surface area contributed by atoms with E-state index in [4.69, 9.17) is 0 Å². The molecule has 16 heavy (non-hydrogen) atoms. The molecule has 0 aliphatic heterocycles. The molecule has 1 aromatic heterocycles. The first kappa shape index (κ1) is 13.9. The van der Waals surface area contributed by atoms with Gasteiger partial charge in [-0.1, -0.05) is 13.0 Å². The van der Waals surface area contributed by atoms with E-state index in [1.165, 1.54) is 0 Å². The van der Waals surface area contributed by atoms with Gasteiger partial charge in [-0.3, -0.25) is 4.98 Å². The number of pyridine rings is 1. The highest BCUT2D eigenvalue weighted by molar-refractivity contribution is 9.11. The zero-order valence-corrected chi connectivity index (χ0v) is 12.7. The van der Waals surface area contributed by atoms with Gasteiger partial charge >= 0.3 is 0 Å². The van der Waals surface area contributed by atoms with Crippen LogP contribution in [0.25, 0.3) is 6.08 Å². The van der Waals surface area contributed by atoms with Gasteiger partial charge in [-0.05, 0) is 63.9 Å². The number of nitrogens with one attached hydrogen (secondary N) is 1. The van der Waals surface area contributed by atoms with Crippen LogP contribution in [0, 0.1) is 0 Å². The summed E-state index contributed by atoms with van der Waals surface area (Å²) in [4.78, 5) is 4.32. The first-order chi connectivity index (χ1) is 7.63. The van der Waals surface area contributed by atoms with Gasteiger partial charge in [0.1, 0.15) is 0 Å². The van der Waals surface area contributed by atoms with Crippen LogP contribution in [-0.4, -0.2) is 17.6 Å². The Morgan fingerprint density at radius 2 is 2.25 bits per heavy atom. The number of halogens is 2. The van der Waals surface area contributed by atoms with Crippen molar-refractivity contribution < 1.29 is 0 Å². The number of rotatable bonds is 5. The van der Waals surface area contributed by atoms with E-state index in [0.29, 0.717) is 6.04 Å². The lowest BCUT2D eigenvalue weighted by molar-refractivity contribution is 0.625. The lowest BCUT2D eigenvalue weighted by Crippen LogP contribution is -2.24. The normalized spacial score (nSPS) is 13.2. The van der Waals surface area contributed by atoms with Crippen molar-refractivity contribution in [3.8, 4) is 0 Å². The molecule has 0 spiro atoms. The first-order valence-electron chi connectivity index (χ1n) is 5.36. The van der Waals surface area contributed by atoms with Crippen LogP contribution < -0.4 is 5.32 Å². The smallest absolute Gasteiger partial charge is 0.0769 e. The maximum absolute atomic E-state index is 4.32. The third kappa shape index (κ3) is 4.76. The summed E-state index contributed by atoms with van der Waals surface area (Å²) in [5, 5.41) is 3.39. The van der Waals surface area contributed by atoms with Gasteiger partial charge in [0.05, 0.1) is 5.69 Å². The Bertz CT molecular complexity index is 364. The zero-order valence-electron chi connectivity index (χ0n) is 9.50. The Balaban J connectivity index is 2.61. The Morgan fingerprint density at radius 3 is 2.88 bits per heavy atom. The lowest BCUT2D eigenvalue weighted by atomic mass is 10.2. The van der Waals surface area contributed by atoms with Crippen molar-refractivity contribution in [2.24, 2.45) is 0 Å². The van der Waals surface area contributed by atoms with E-state index < -0.39 is 0 Å². The fourth-order valence-corrected chi connectivity index (χ4v) is 2.34. The summed E-state index contributed by atoms with van der Waals surface area (Å²) >= 11 is 6.87. The predicted octanol–water partition coefficient (Wildman–Crippen LogP) is 4.01. The summed E-state index contributed by atoms with van der Waals surface area (Å²) in [6.07, 6.45) is 7.10. The molecule has 88 valence electrons. The fourth-order valence-electron chi connectivity index (χ4n) is 1.22. The predicted molar refractivity (Wildman–Crippen MR) is 76.4 cm³/mol. The van der Waals surface area contributed by atoms with Crippen LogP contribution in [0.5, 0.6) is 0 Å². The third-order valence-electron chi connectivity index (χ3n) is 2.10. The van der Waals surface area contributed by atoms with E-state index >= 15 is 0 Å². The van der Waals surface area contributed by atoms with Gasteiger partial charge in [-0.2, -0.15) is 0 Å². The van der Waals surface area contributed by atoms with Crippen LogP contribution in [0.4, 0.5) is 0 Å². The molecular weight excluding hydrogens is 332 g/mol. The van der Waals surface area contributed by atoms with Gasteiger partial charge in [-0.15, -0.1) is 0 Å². The van der Waals surface area contributed by atoms with Crippen molar-refractivity contribution in [2.45, 2.75) is 26.3 Å². The van der Waals surface area contributed by atoms with Gasteiger partial charge in [0.15, 0.2) is 0 Å². The Kier molecular flexibility index (Phi) is 6.24. The molecule has 0 bridgehead atoms. The van der Waals surface area contributed by atoms with Crippen LogP contribution in [0.1, 0.15) is 26.0 Å². The summed E-state index contributed by atoms with van der Waals surface area (Å²) in [6, 6.07) is 2.37. The highest BCUT2D eigenvalue weighted by Crippen LogP contribution is 2.20. The molecule has 0 amide bonds. The van der Waals surface area contributed by atoms with Crippen molar-refractivity contribution in [1.82, 2.24) is 10.3 Å². The van der Waals surface area contributed by atoms with E-state index in [0.717, 1.165) is 27.6 Å². The van der Waals surface area contributed by atoms with Crippen molar-refractivity contribution in [3.05, 3.63) is 33.0 Å². The number of hydrogen-bond donors (Lipinski definition) is 1. The molecule has 1 N–H and O–H groups in total. The second kappa shape index (κ2) is 7.20. The van der Waals surface area contributed by atoms with E-state index in [1.807, 2.05) is 12.1 Å². The molecule has 1 atom stereocenters. The Morgan fingerprint density at radius 1 is 1.50 bits per heavy atom. The third-order valence-corrected chi connectivity index (χ3v) is 3.16. The van der Waals surface area contributed by atoms with E-state index in [-0.39, 0.29) is 0 Å². The van der Waals surface area contributed by atoms with Crippen LogP contribution in [0.2, 0.25) is 0 Å². The molecule has 4 heteroatoms. The quantitative estimate of drug-likeness (QED) is 0.870. The highest BCUT2D eigenvalue weighted by Gasteiger charge is 1.99. The van der Waals surface area contributed by atoms with Crippen molar-refractivity contribution in [3.63, 3.8) is 0 Å². The summed E-state index contributed by atoms with van der Waals surface area (Å²) in [7, 11) is 0. The number of hydrogen-bond acceptors (Lipinski definition) is 2. The summed E-state index contributed by atoms with van der Waals surface area (Å²) < 4.78 is 1.98. The Labute approximate surface area is 114 Å². The molecule has 2 nitrogen and oxygen atoms in total. The number of nitrogens with zero attached hydrogens (tertiary/aromatic N) is 1. The maximum Gasteiger partial charge on any atom is 0.0769 e. The zero-order chi connectivity index (χ0) is 12.0. The largest absolute Gasteiger partial charge is 0.311 e. The van der Waals surface area contributed by atoms with Crippen molar-refractivity contribution >= 4 is 37.9 Å². The molecule has 0 aromatic carbocycles. The minimum atomic E-state index is 0.372. The number of aromatic nitrogens is 1. The highest BCUT2D eigenvalue weighted by atomic mass is 79.9. The summed E-state index contributed by atoms with van der Waals surface area (Å²) in [6.45, 7) is 5.34. The van der Waals surface area contributed by atoms with Crippen LogP contribution in [0.15, 0.2) is 27.3 Å². The van der Waals surface area contributed by atoms with Crippen LogP contribution in [-0.2, 0) is 0 Å². The molecule has 0 radical (unpaired) electrons. The van der Waals surface area contributed by atoms with Gasteiger partial charge < -0.3 is 5.32 Å². The SMILES string of the molecule is CCCNC(C)/C=C/c1ncc(Br)cc1Br. The Hall–Kier alpha value is -0.190. The topological polar surface area (TPSA) is 24.9 Å². The molecule has 1 unspecified atom stereocenters. The van der Waals surface area contributed by atoms with Gasteiger partial charge in [-0.25, -0.2) is 0 Å². The molecule has 0 aliphatic carbocycles. The molecule has 0 fully saturated rings. The average molecular weight is 348 g/mol. The lowest BCUT2D eigenvalue weighted by Gasteiger charge is -2.07. The van der Waals surface area contributed by atoms with Crippen LogP contribution >= 0.6 is 31.9 Å². The average Bonchev–Trinajstić information content (AvgIpc) is 2.25. The molecule has 1 aromatic rings. The molecule has 1 rings (SSSR count). The maximum atomic E-state index is 4.32. The van der Waals surface area contributed by atoms with Crippen LogP contribution in [0.3, 0.4) is 0 Å². The minimum Gasteiger partial charge on any atom is -0.311 e. The van der Waals surface area contributed by atoms with Gasteiger partial charge in [0, 0.05) is 21.2 Å². The second-order valence-electron chi connectivity index (χ2n) is 3.62. The first-order valence-corrected chi connectivity index (χ1v) is 6.94. The summed E-state index contributed by atoms with van der Waals surface area (Å²) in [5.74, 6) is 0. The van der Waals surface area contributed by atoms with Crippen molar-refractivity contribution in [1.29, 1.82) is 0 Å². The fraction of sp³-hybridized carbons (Fsp3) is 0.417. The molecule has 0 aliphatic rings. The summed E-state index contributed by atoms with van der Waals surface area (Å²) in [5.41, 5.74) is 0.952. The monoisotopic (exact) mass is 346 g/mol. The molecule has 0 saturated carbocycles. The van der Waals surface area contributed by atoms with Gasteiger partial charge in [0.2, 0.25) is 0 Å². The molecule has 0 saturated heterocycles. The second-order valence-corrected chi connectivity index (χ2v) is 5.39. The minimum absolute atomic E-state index is 0.372. The van der Waals surface area contributed by atoms with E-state index in [1.54, 1.807) is 6.20 Å². The van der Waals surface area contributed by atoms with E-state index in [9.17, 15) is 0 Å². The molecular formula is C12H16Br2N2. The standard InChI is InChI=1S/C12H16Br2N2/c1-3-6-15-9(2)4-5-12-11(14)7-10(13)8-16-12/h4-5,7-9,15H,3,6H2,1-2H3/b5-4+. The van der Waals surface area contributed by atoms with Crippen molar-refractivity contribution in [2.75, 3.05) is 6.54 Å².